The lowest BCUT2D eigenvalue weighted by Gasteiger charge is -1.98. The fourth-order valence-electron chi connectivity index (χ4n) is 1.14. The second-order valence-electron chi connectivity index (χ2n) is 2.56. The van der Waals surface area contributed by atoms with Crippen molar-refractivity contribution in [1.82, 2.24) is 0 Å². The van der Waals surface area contributed by atoms with E-state index in [1.165, 1.54) is 11.8 Å². The summed E-state index contributed by atoms with van der Waals surface area (Å²) in [6.07, 6.45) is 1.76. The van der Waals surface area contributed by atoms with Crippen molar-refractivity contribution in [3.8, 4) is 11.5 Å². The average molecular weight is 196 g/mol. The molecule has 0 saturated carbocycles. The first-order valence-corrected chi connectivity index (χ1v) is 5.01. The monoisotopic (exact) mass is 196 g/mol. The molecular weight excluding hydrogens is 188 g/mol. The van der Waals surface area contributed by atoms with E-state index in [1.54, 1.807) is 24.5 Å². The van der Waals surface area contributed by atoms with Crippen molar-refractivity contribution in [3.05, 3.63) is 23.8 Å². The molecule has 1 aromatic carbocycles. The van der Waals surface area contributed by atoms with Crippen LogP contribution in [0.4, 0.5) is 0 Å². The summed E-state index contributed by atoms with van der Waals surface area (Å²) in [4.78, 5) is 11.3. The summed E-state index contributed by atoms with van der Waals surface area (Å²) < 4.78 is 10.3. The Balaban J connectivity index is 2.36. The molecule has 0 aliphatic carbocycles. The van der Waals surface area contributed by atoms with Gasteiger partial charge in [0.05, 0.1) is 0 Å². The molecule has 13 heavy (non-hydrogen) atoms. The van der Waals surface area contributed by atoms with Crippen LogP contribution in [-0.4, -0.2) is 18.2 Å². The highest BCUT2D eigenvalue weighted by atomic mass is 32.2. The Kier molecular flexibility index (Phi) is 2.14. The smallest absolute Gasteiger partial charge is 0.231 e. The van der Waals surface area contributed by atoms with E-state index in [9.17, 15) is 4.79 Å². The molecule has 0 atom stereocenters. The second-order valence-corrected chi connectivity index (χ2v) is 3.34. The Morgan fingerprint density at radius 2 is 2.15 bits per heavy atom. The summed E-state index contributed by atoms with van der Waals surface area (Å²) in [5.41, 5.74) is 0.650. The van der Waals surface area contributed by atoms with Gasteiger partial charge < -0.3 is 9.47 Å². The van der Waals surface area contributed by atoms with Crippen LogP contribution >= 0.6 is 11.8 Å². The van der Waals surface area contributed by atoms with E-state index < -0.39 is 0 Å². The maximum Gasteiger partial charge on any atom is 0.231 e. The van der Waals surface area contributed by atoms with Gasteiger partial charge in [-0.2, -0.15) is 0 Å². The molecule has 68 valence electrons. The molecule has 0 spiro atoms. The summed E-state index contributed by atoms with van der Waals surface area (Å²) in [6.45, 7) is 0.242. The molecule has 2 rings (SSSR count). The van der Waals surface area contributed by atoms with Gasteiger partial charge in [0.2, 0.25) is 11.9 Å². The molecule has 0 N–H and O–H groups in total. The van der Waals surface area contributed by atoms with E-state index >= 15 is 0 Å². The van der Waals surface area contributed by atoms with Gasteiger partial charge in [0.15, 0.2) is 11.5 Å². The van der Waals surface area contributed by atoms with Crippen LogP contribution in [0.1, 0.15) is 10.4 Å². The summed E-state index contributed by atoms with van der Waals surface area (Å²) in [5.74, 6) is 1.36. The SMILES string of the molecule is CSC(=O)c1ccc2c(c1)OCO2. The van der Waals surface area contributed by atoms with Crippen molar-refractivity contribution in [1.29, 1.82) is 0 Å². The molecule has 1 aromatic rings. The third-order valence-corrected chi connectivity index (χ3v) is 2.40. The quantitative estimate of drug-likeness (QED) is 0.687. The molecule has 0 bridgehead atoms. The minimum absolute atomic E-state index is 0.0401. The fraction of sp³-hybridized carbons (Fsp3) is 0.222. The summed E-state index contributed by atoms with van der Waals surface area (Å²) in [5, 5.41) is 0.0401. The topological polar surface area (TPSA) is 35.5 Å². The molecule has 3 nitrogen and oxygen atoms in total. The van der Waals surface area contributed by atoms with Crippen molar-refractivity contribution in [2.75, 3.05) is 13.0 Å². The normalized spacial score (nSPS) is 13.0. The zero-order chi connectivity index (χ0) is 9.26. The first kappa shape index (κ1) is 8.44. The molecule has 0 amide bonds. The molecular formula is C9H8O3S. The van der Waals surface area contributed by atoms with Gasteiger partial charge in [-0.25, -0.2) is 0 Å². The molecule has 0 saturated heterocycles. The molecule has 1 aliphatic rings. The molecule has 0 unspecified atom stereocenters. The Morgan fingerprint density at radius 1 is 1.38 bits per heavy atom. The fourth-order valence-corrected chi connectivity index (χ4v) is 1.50. The van der Waals surface area contributed by atoms with Gasteiger partial charge in [0, 0.05) is 5.56 Å². The average Bonchev–Trinajstić information content (AvgIpc) is 2.63. The van der Waals surface area contributed by atoms with E-state index in [-0.39, 0.29) is 11.9 Å². The van der Waals surface area contributed by atoms with Crippen LogP contribution in [0.15, 0.2) is 18.2 Å². The van der Waals surface area contributed by atoms with E-state index in [4.69, 9.17) is 9.47 Å². The number of carbonyl (C=O) groups excluding carboxylic acids is 1. The van der Waals surface area contributed by atoms with E-state index in [1.807, 2.05) is 0 Å². The van der Waals surface area contributed by atoms with E-state index in [2.05, 4.69) is 0 Å². The van der Waals surface area contributed by atoms with Crippen LogP contribution in [0.5, 0.6) is 11.5 Å². The van der Waals surface area contributed by atoms with Crippen LogP contribution in [0, 0.1) is 0 Å². The zero-order valence-corrected chi connectivity index (χ0v) is 7.89. The minimum Gasteiger partial charge on any atom is -0.454 e. The van der Waals surface area contributed by atoms with Crippen LogP contribution in [0.3, 0.4) is 0 Å². The molecule has 4 heteroatoms. The number of ether oxygens (including phenoxy) is 2. The lowest BCUT2D eigenvalue weighted by molar-refractivity contribution is 0.108. The molecule has 1 aliphatic heterocycles. The van der Waals surface area contributed by atoms with Gasteiger partial charge in [0.25, 0.3) is 0 Å². The van der Waals surface area contributed by atoms with Crippen LogP contribution in [-0.2, 0) is 0 Å². The summed E-state index contributed by atoms with van der Waals surface area (Å²) in [6, 6.07) is 5.21. The Labute approximate surface area is 80.0 Å². The second kappa shape index (κ2) is 3.30. The lowest BCUT2D eigenvalue weighted by Crippen LogP contribution is -1.93. The predicted molar refractivity (Wildman–Crippen MR) is 50.4 cm³/mol. The van der Waals surface area contributed by atoms with Gasteiger partial charge in [-0.05, 0) is 24.5 Å². The first-order valence-electron chi connectivity index (χ1n) is 3.79. The third kappa shape index (κ3) is 1.49. The number of fused-ring (bicyclic) bond motifs is 1. The lowest BCUT2D eigenvalue weighted by atomic mass is 10.2. The van der Waals surface area contributed by atoms with E-state index in [0.29, 0.717) is 17.1 Å². The maximum atomic E-state index is 11.3. The van der Waals surface area contributed by atoms with Gasteiger partial charge >= 0.3 is 0 Å². The standard InChI is InChI=1S/C9H8O3S/c1-13-9(10)6-2-3-7-8(4-6)12-5-11-7/h2-4H,5H2,1H3. The summed E-state index contributed by atoms with van der Waals surface area (Å²) >= 11 is 1.19. The molecule has 0 aromatic heterocycles. The Bertz CT molecular complexity index is 349. The highest BCUT2D eigenvalue weighted by Crippen LogP contribution is 2.33. The van der Waals surface area contributed by atoms with Crippen LogP contribution in [0.25, 0.3) is 0 Å². The largest absolute Gasteiger partial charge is 0.454 e. The Hall–Kier alpha value is -1.16. The highest BCUT2D eigenvalue weighted by molar-refractivity contribution is 8.13. The number of benzene rings is 1. The molecule has 0 fully saturated rings. The predicted octanol–water partition coefficient (Wildman–Crippen LogP) is 1.92. The van der Waals surface area contributed by atoms with Crippen molar-refractivity contribution in [2.45, 2.75) is 0 Å². The van der Waals surface area contributed by atoms with Crippen LogP contribution in [0.2, 0.25) is 0 Å². The van der Waals surface area contributed by atoms with Crippen molar-refractivity contribution >= 4 is 16.9 Å². The molecule has 1 heterocycles. The number of hydrogen-bond acceptors (Lipinski definition) is 4. The maximum absolute atomic E-state index is 11.3. The van der Waals surface area contributed by atoms with Crippen molar-refractivity contribution < 1.29 is 14.3 Å². The van der Waals surface area contributed by atoms with Crippen molar-refractivity contribution in [2.24, 2.45) is 0 Å². The number of rotatable bonds is 1. The number of thioether (sulfide) groups is 1. The van der Waals surface area contributed by atoms with Gasteiger partial charge in [-0.1, -0.05) is 11.8 Å². The number of hydrogen-bond donors (Lipinski definition) is 0. The van der Waals surface area contributed by atoms with Gasteiger partial charge in [-0.15, -0.1) is 0 Å². The van der Waals surface area contributed by atoms with Gasteiger partial charge in [0.1, 0.15) is 0 Å². The summed E-state index contributed by atoms with van der Waals surface area (Å²) in [7, 11) is 0. The zero-order valence-electron chi connectivity index (χ0n) is 7.07. The van der Waals surface area contributed by atoms with Gasteiger partial charge in [-0.3, -0.25) is 4.79 Å². The first-order chi connectivity index (χ1) is 6.31. The van der Waals surface area contributed by atoms with E-state index in [0.717, 1.165) is 0 Å². The highest BCUT2D eigenvalue weighted by Gasteiger charge is 2.15. The third-order valence-electron chi connectivity index (χ3n) is 1.79. The molecule has 0 radical (unpaired) electrons. The number of carbonyl (C=O) groups is 1. The van der Waals surface area contributed by atoms with Crippen molar-refractivity contribution in [3.63, 3.8) is 0 Å². The van der Waals surface area contributed by atoms with Crippen LogP contribution < -0.4 is 9.47 Å². The Morgan fingerprint density at radius 3 is 2.92 bits per heavy atom. The minimum atomic E-state index is 0.0401.